The fourth-order valence-corrected chi connectivity index (χ4v) is 1.83. The molecule has 0 saturated carbocycles. The summed E-state index contributed by atoms with van der Waals surface area (Å²) >= 11 is 0. The van der Waals surface area contributed by atoms with Gasteiger partial charge in [-0.2, -0.15) is 13.2 Å². The van der Waals surface area contributed by atoms with Crippen molar-refractivity contribution < 1.29 is 27.9 Å². The molecular formula is C16H10F3NO4. The molecule has 1 heterocycles. The van der Waals surface area contributed by atoms with Crippen molar-refractivity contribution in [1.82, 2.24) is 4.98 Å². The van der Waals surface area contributed by atoms with Crippen molar-refractivity contribution in [3.8, 4) is 0 Å². The van der Waals surface area contributed by atoms with Crippen LogP contribution in [0.3, 0.4) is 0 Å². The summed E-state index contributed by atoms with van der Waals surface area (Å²) in [6, 6.07) is 6.98. The number of carboxylic acids is 1. The van der Waals surface area contributed by atoms with E-state index in [2.05, 4.69) is 0 Å². The van der Waals surface area contributed by atoms with Gasteiger partial charge in [-0.25, -0.2) is 4.79 Å². The molecule has 0 aliphatic carbocycles. The molecule has 0 radical (unpaired) electrons. The number of hydrogen-bond donors (Lipinski definition) is 2. The molecule has 0 bridgehead atoms. The summed E-state index contributed by atoms with van der Waals surface area (Å²) in [6.45, 7) is 0. The third-order valence-corrected chi connectivity index (χ3v) is 3.07. The first-order valence-electron chi connectivity index (χ1n) is 6.55. The van der Waals surface area contributed by atoms with Gasteiger partial charge in [-0.1, -0.05) is 18.2 Å². The molecule has 2 N–H and O–H groups in total. The molecule has 1 aromatic carbocycles. The van der Waals surface area contributed by atoms with Crippen LogP contribution in [0.4, 0.5) is 13.2 Å². The minimum Gasteiger partial charge on any atom is -0.478 e. The van der Waals surface area contributed by atoms with Crippen LogP contribution >= 0.6 is 0 Å². The number of aromatic carboxylic acids is 1. The average molecular weight is 337 g/mol. The van der Waals surface area contributed by atoms with Crippen molar-refractivity contribution in [3.05, 3.63) is 75.2 Å². The van der Waals surface area contributed by atoms with Crippen LogP contribution in [0, 0.1) is 0 Å². The van der Waals surface area contributed by atoms with Crippen molar-refractivity contribution in [2.75, 3.05) is 0 Å². The van der Waals surface area contributed by atoms with Gasteiger partial charge >= 0.3 is 12.1 Å². The van der Waals surface area contributed by atoms with Crippen LogP contribution in [-0.4, -0.2) is 21.8 Å². The molecule has 0 saturated heterocycles. The highest BCUT2D eigenvalue weighted by Crippen LogP contribution is 2.26. The van der Waals surface area contributed by atoms with Crippen molar-refractivity contribution in [2.45, 2.75) is 6.18 Å². The van der Waals surface area contributed by atoms with Gasteiger partial charge in [-0.05, 0) is 35.9 Å². The lowest BCUT2D eigenvalue weighted by molar-refractivity contribution is -0.141. The van der Waals surface area contributed by atoms with E-state index in [1.54, 1.807) is 4.98 Å². The maximum atomic E-state index is 12.4. The molecule has 0 spiro atoms. The Morgan fingerprint density at radius 1 is 1.04 bits per heavy atom. The van der Waals surface area contributed by atoms with E-state index in [1.807, 2.05) is 0 Å². The number of aromatic nitrogens is 1. The lowest BCUT2D eigenvalue weighted by Gasteiger charge is -2.06. The van der Waals surface area contributed by atoms with Crippen molar-refractivity contribution in [1.29, 1.82) is 0 Å². The molecule has 8 heteroatoms. The minimum atomic E-state index is -4.71. The number of benzene rings is 1. The maximum absolute atomic E-state index is 12.4. The van der Waals surface area contributed by atoms with Gasteiger partial charge in [0.05, 0.1) is 11.1 Å². The molecule has 0 amide bonds. The van der Waals surface area contributed by atoms with Crippen LogP contribution in [0.15, 0.2) is 47.3 Å². The van der Waals surface area contributed by atoms with E-state index in [4.69, 9.17) is 5.11 Å². The van der Waals surface area contributed by atoms with Gasteiger partial charge in [0.15, 0.2) is 5.78 Å². The molecule has 124 valence electrons. The van der Waals surface area contributed by atoms with Gasteiger partial charge in [0.2, 0.25) is 0 Å². The Hall–Kier alpha value is -3.16. The summed E-state index contributed by atoms with van der Waals surface area (Å²) in [7, 11) is 0. The van der Waals surface area contributed by atoms with E-state index in [-0.39, 0.29) is 5.56 Å². The SMILES string of the molecule is O=C(O)c1ccc(/C=C/C(=O)c2ccc(C(F)(F)F)[nH]c2=O)cc1. The van der Waals surface area contributed by atoms with E-state index in [0.717, 1.165) is 12.1 Å². The number of H-pyrrole nitrogens is 1. The highest BCUT2D eigenvalue weighted by Gasteiger charge is 2.32. The van der Waals surface area contributed by atoms with Crippen LogP contribution in [-0.2, 0) is 6.18 Å². The van der Waals surface area contributed by atoms with Crippen LogP contribution in [0.25, 0.3) is 6.08 Å². The smallest absolute Gasteiger partial charge is 0.431 e. The number of aromatic amines is 1. The second-order valence-electron chi connectivity index (χ2n) is 4.74. The third-order valence-electron chi connectivity index (χ3n) is 3.07. The Balaban J connectivity index is 2.20. The highest BCUT2D eigenvalue weighted by atomic mass is 19.4. The topological polar surface area (TPSA) is 87.2 Å². The number of pyridine rings is 1. The zero-order valence-electron chi connectivity index (χ0n) is 11.9. The van der Waals surface area contributed by atoms with E-state index in [1.165, 1.54) is 30.3 Å². The monoisotopic (exact) mass is 337 g/mol. The fraction of sp³-hybridized carbons (Fsp3) is 0.0625. The Morgan fingerprint density at radius 3 is 2.17 bits per heavy atom. The summed E-state index contributed by atoms with van der Waals surface area (Å²) in [5.41, 5.74) is -2.24. The number of hydrogen-bond acceptors (Lipinski definition) is 3. The van der Waals surface area contributed by atoms with Crippen molar-refractivity contribution in [2.24, 2.45) is 0 Å². The maximum Gasteiger partial charge on any atom is 0.431 e. The molecule has 2 rings (SSSR count). The Labute approximate surface area is 133 Å². The average Bonchev–Trinajstić information content (AvgIpc) is 2.52. The Bertz CT molecular complexity index is 864. The number of alkyl halides is 3. The summed E-state index contributed by atoms with van der Waals surface area (Å²) in [5, 5.41) is 8.76. The molecular weight excluding hydrogens is 327 g/mol. The Morgan fingerprint density at radius 2 is 1.67 bits per heavy atom. The quantitative estimate of drug-likeness (QED) is 0.663. The van der Waals surface area contributed by atoms with E-state index < -0.39 is 34.7 Å². The summed E-state index contributed by atoms with van der Waals surface area (Å²) in [5.74, 6) is -1.87. The summed E-state index contributed by atoms with van der Waals surface area (Å²) in [6.07, 6.45) is -2.36. The lowest BCUT2D eigenvalue weighted by atomic mass is 10.1. The first-order chi connectivity index (χ1) is 11.2. The molecule has 0 aliphatic heterocycles. The first kappa shape index (κ1) is 17.2. The standard InChI is InChI=1S/C16H10F3NO4/c17-16(18,19)13-8-6-11(14(22)20-13)12(21)7-3-9-1-4-10(5-2-9)15(23)24/h1-8H,(H,20,22)(H,23,24)/b7-3+. The molecule has 5 nitrogen and oxygen atoms in total. The largest absolute Gasteiger partial charge is 0.478 e. The Kier molecular flexibility index (Phi) is 4.68. The number of allylic oxidation sites excluding steroid dienone is 1. The van der Waals surface area contributed by atoms with Gasteiger partial charge < -0.3 is 10.1 Å². The van der Waals surface area contributed by atoms with E-state index in [9.17, 15) is 27.6 Å². The van der Waals surface area contributed by atoms with Crippen LogP contribution in [0.2, 0.25) is 0 Å². The van der Waals surface area contributed by atoms with Gasteiger partial charge in [0.1, 0.15) is 5.69 Å². The number of halogens is 3. The second kappa shape index (κ2) is 6.53. The van der Waals surface area contributed by atoms with Gasteiger partial charge in [0.25, 0.3) is 5.56 Å². The number of ketones is 1. The molecule has 24 heavy (non-hydrogen) atoms. The van der Waals surface area contributed by atoms with Crippen molar-refractivity contribution in [3.63, 3.8) is 0 Å². The van der Waals surface area contributed by atoms with Crippen LogP contribution in [0.1, 0.15) is 32.0 Å². The highest BCUT2D eigenvalue weighted by molar-refractivity contribution is 6.06. The number of carbonyl (C=O) groups is 2. The van der Waals surface area contributed by atoms with Gasteiger partial charge in [0, 0.05) is 0 Å². The normalized spacial score (nSPS) is 11.6. The van der Waals surface area contributed by atoms with Crippen LogP contribution in [0.5, 0.6) is 0 Å². The van der Waals surface area contributed by atoms with Crippen LogP contribution < -0.4 is 5.56 Å². The summed E-state index contributed by atoms with van der Waals surface area (Å²) < 4.78 is 37.3. The third kappa shape index (κ3) is 3.97. The fourth-order valence-electron chi connectivity index (χ4n) is 1.83. The second-order valence-corrected chi connectivity index (χ2v) is 4.74. The predicted octanol–water partition coefficient (Wildman–Crippen LogP) is 2.99. The lowest BCUT2D eigenvalue weighted by Crippen LogP contribution is -2.21. The zero-order chi connectivity index (χ0) is 17.9. The molecule has 2 aromatic rings. The molecule has 0 fully saturated rings. The molecule has 1 aromatic heterocycles. The summed E-state index contributed by atoms with van der Waals surface area (Å²) in [4.78, 5) is 35.8. The van der Waals surface area contributed by atoms with Gasteiger partial charge in [-0.15, -0.1) is 0 Å². The first-order valence-corrected chi connectivity index (χ1v) is 6.55. The molecule has 0 aliphatic rings. The van der Waals surface area contributed by atoms with E-state index in [0.29, 0.717) is 11.6 Å². The molecule has 0 atom stereocenters. The number of carbonyl (C=O) groups excluding carboxylic acids is 1. The molecule has 0 unspecified atom stereocenters. The van der Waals surface area contributed by atoms with Crippen molar-refractivity contribution >= 4 is 17.8 Å². The number of nitrogens with one attached hydrogen (secondary N) is 1. The number of rotatable bonds is 4. The minimum absolute atomic E-state index is 0.0673. The predicted molar refractivity (Wildman–Crippen MR) is 78.8 cm³/mol. The van der Waals surface area contributed by atoms with E-state index >= 15 is 0 Å². The van der Waals surface area contributed by atoms with Gasteiger partial charge in [-0.3, -0.25) is 9.59 Å². The number of carboxylic acid groups (broad SMARTS) is 1. The zero-order valence-corrected chi connectivity index (χ0v) is 11.9.